The van der Waals surface area contributed by atoms with Crippen LogP contribution in [0.4, 0.5) is 5.69 Å². The Morgan fingerprint density at radius 1 is 1.36 bits per heavy atom. The van der Waals surface area contributed by atoms with Crippen molar-refractivity contribution >= 4 is 13.5 Å². The number of methoxy groups -OCH3 is 1. The van der Waals surface area contributed by atoms with Gasteiger partial charge in [0.15, 0.2) is 5.75 Å². The number of hydrogen-bond donors (Lipinski definition) is 1. The van der Waals surface area contributed by atoms with E-state index in [1.807, 2.05) is 0 Å². The highest BCUT2D eigenvalue weighted by Crippen LogP contribution is 2.70. The minimum Gasteiger partial charge on any atom is -0.490 e. The normalized spacial score (nSPS) is 25.2. The number of hydrogen-bond acceptors (Lipinski definition) is 6. The van der Waals surface area contributed by atoms with Crippen LogP contribution in [-0.4, -0.2) is 7.11 Å². The summed E-state index contributed by atoms with van der Waals surface area (Å²) in [6.07, 6.45) is 0. The number of phosphoric ester groups is 1. The summed E-state index contributed by atoms with van der Waals surface area (Å²) in [5, 5.41) is 0. The lowest BCUT2D eigenvalue weighted by molar-refractivity contribution is 0.299. The molecule has 1 aromatic rings. The minimum atomic E-state index is -3.50. The van der Waals surface area contributed by atoms with Crippen LogP contribution < -0.4 is 24.0 Å². The van der Waals surface area contributed by atoms with E-state index < -0.39 is 7.82 Å². The molecule has 1 atom stereocenters. The average Bonchev–Trinajstić information content (AvgIpc) is 2.33. The lowest BCUT2D eigenvalue weighted by Crippen LogP contribution is -2.04. The van der Waals surface area contributed by atoms with Crippen molar-refractivity contribution in [3.05, 3.63) is 6.07 Å². The Labute approximate surface area is 79.1 Å². The molecule has 7 heteroatoms. The minimum absolute atomic E-state index is 0.228. The molecule has 2 aliphatic rings. The van der Waals surface area contributed by atoms with Gasteiger partial charge < -0.3 is 24.0 Å². The standard InChI is InChI=1S/C7H6NO5P/c1-10-6-4-2-3(8)5-7(6)13-14(9,11-4)12-5/h2H,8H2,1H3. The molecule has 1 unspecified atom stereocenters. The fraction of sp³-hybridized carbons (Fsp3) is 0.143. The van der Waals surface area contributed by atoms with Crippen molar-refractivity contribution in [2.45, 2.75) is 0 Å². The fourth-order valence-corrected chi connectivity index (χ4v) is 2.75. The Bertz CT molecular complexity index is 479. The van der Waals surface area contributed by atoms with Gasteiger partial charge in [0, 0.05) is 6.07 Å². The van der Waals surface area contributed by atoms with Crippen molar-refractivity contribution in [1.29, 1.82) is 0 Å². The molecule has 0 radical (unpaired) electrons. The van der Waals surface area contributed by atoms with Crippen molar-refractivity contribution in [1.82, 2.24) is 0 Å². The summed E-state index contributed by atoms with van der Waals surface area (Å²) in [5.74, 6) is 1.14. The molecule has 0 saturated carbocycles. The highest BCUT2D eigenvalue weighted by atomic mass is 31.2. The van der Waals surface area contributed by atoms with Crippen LogP contribution in [0.25, 0.3) is 0 Å². The predicted octanol–water partition coefficient (Wildman–Crippen LogP) is 1.55. The van der Waals surface area contributed by atoms with E-state index in [1.54, 1.807) is 0 Å². The van der Waals surface area contributed by atoms with Crippen LogP contribution in [0.2, 0.25) is 0 Å². The third-order valence-corrected chi connectivity index (χ3v) is 3.24. The van der Waals surface area contributed by atoms with Gasteiger partial charge in [-0.1, -0.05) is 0 Å². The maximum absolute atomic E-state index is 11.6. The SMILES string of the molecule is COc1c2cc(N)c3c1OP(=O)(O2)O3. The summed E-state index contributed by atoms with van der Waals surface area (Å²) in [6.45, 7) is 0. The Hall–Kier alpha value is -1.55. The van der Waals surface area contributed by atoms with E-state index >= 15 is 0 Å². The van der Waals surface area contributed by atoms with Crippen LogP contribution in [0.1, 0.15) is 0 Å². The quantitative estimate of drug-likeness (QED) is 0.565. The molecule has 2 N–H and O–H groups in total. The first-order valence-corrected chi connectivity index (χ1v) is 5.28. The van der Waals surface area contributed by atoms with Crippen LogP contribution in [0.15, 0.2) is 6.07 Å². The summed E-state index contributed by atoms with van der Waals surface area (Å²) < 4.78 is 31.6. The van der Waals surface area contributed by atoms with Crippen molar-refractivity contribution in [2.75, 3.05) is 12.8 Å². The third kappa shape index (κ3) is 0.743. The summed E-state index contributed by atoms with van der Waals surface area (Å²) in [5.41, 5.74) is 5.95. The first-order chi connectivity index (χ1) is 6.63. The molecule has 2 aliphatic heterocycles. The monoisotopic (exact) mass is 215 g/mol. The third-order valence-electron chi connectivity index (χ3n) is 2.01. The van der Waals surface area contributed by atoms with E-state index in [0.29, 0.717) is 11.4 Å². The summed E-state index contributed by atoms with van der Waals surface area (Å²) in [6, 6.07) is 1.50. The first-order valence-electron chi connectivity index (χ1n) is 3.82. The summed E-state index contributed by atoms with van der Waals surface area (Å²) in [7, 11) is -2.05. The summed E-state index contributed by atoms with van der Waals surface area (Å²) in [4.78, 5) is 0. The Balaban J connectivity index is 2.38. The van der Waals surface area contributed by atoms with E-state index in [1.165, 1.54) is 13.2 Å². The number of anilines is 1. The maximum atomic E-state index is 11.6. The van der Waals surface area contributed by atoms with Gasteiger partial charge in [0.1, 0.15) is 0 Å². The van der Waals surface area contributed by atoms with Crippen molar-refractivity contribution in [3.8, 4) is 23.0 Å². The zero-order valence-corrected chi connectivity index (χ0v) is 8.04. The molecule has 0 amide bonds. The second-order valence-corrected chi connectivity index (χ2v) is 4.32. The van der Waals surface area contributed by atoms with Crippen LogP contribution in [0, 0.1) is 0 Å². The highest BCUT2D eigenvalue weighted by Gasteiger charge is 2.50. The topological polar surface area (TPSA) is 80.0 Å². The van der Waals surface area contributed by atoms with Crippen LogP contribution in [-0.2, 0) is 4.57 Å². The molecule has 6 nitrogen and oxygen atoms in total. The molecule has 0 fully saturated rings. The number of phosphoric acid groups is 1. The van der Waals surface area contributed by atoms with Gasteiger partial charge in [-0.15, -0.1) is 0 Å². The lowest BCUT2D eigenvalue weighted by Gasteiger charge is -2.16. The molecule has 1 aromatic carbocycles. The smallest absolute Gasteiger partial charge is 0.490 e. The van der Waals surface area contributed by atoms with Crippen LogP contribution >= 0.6 is 7.82 Å². The Kier molecular flexibility index (Phi) is 1.17. The molecular weight excluding hydrogens is 209 g/mol. The fourth-order valence-electron chi connectivity index (χ4n) is 1.46. The molecule has 2 heterocycles. The number of rotatable bonds is 1. The second kappa shape index (κ2) is 2.09. The van der Waals surface area contributed by atoms with Gasteiger partial charge in [-0.25, -0.2) is 0 Å². The molecule has 3 bridgehead atoms. The van der Waals surface area contributed by atoms with Gasteiger partial charge in [-0.3, -0.25) is 0 Å². The highest BCUT2D eigenvalue weighted by molar-refractivity contribution is 7.50. The van der Waals surface area contributed by atoms with Crippen LogP contribution in [0.5, 0.6) is 23.0 Å². The van der Waals surface area contributed by atoms with E-state index in [2.05, 4.69) is 0 Å². The summed E-state index contributed by atoms with van der Waals surface area (Å²) >= 11 is 0. The van der Waals surface area contributed by atoms with E-state index in [0.717, 1.165) is 0 Å². The molecule has 74 valence electrons. The van der Waals surface area contributed by atoms with E-state index in [-0.39, 0.29) is 17.2 Å². The number of nitrogen functional groups attached to an aromatic ring is 1. The second-order valence-electron chi connectivity index (χ2n) is 2.88. The number of nitrogens with two attached hydrogens (primary N) is 1. The average molecular weight is 215 g/mol. The Morgan fingerprint density at radius 2 is 2.07 bits per heavy atom. The molecule has 0 aromatic heterocycles. The van der Waals surface area contributed by atoms with E-state index in [4.69, 9.17) is 24.0 Å². The van der Waals surface area contributed by atoms with Crippen molar-refractivity contribution < 1.29 is 22.9 Å². The lowest BCUT2D eigenvalue weighted by atomic mass is 10.2. The van der Waals surface area contributed by atoms with Gasteiger partial charge in [0.2, 0.25) is 17.2 Å². The van der Waals surface area contributed by atoms with E-state index in [9.17, 15) is 4.57 Å². The number of benzene rings is 1. The zero-order valence-electron chi connectivity index (χ0n) is 7.14. The Morgan fingerprint density at radius 3 is 2.79 bits per heavy atom. The molecule has 0 aliphatic carbocycles. The molecular formula is C7H6NO5P. The maximum Gasteiger partial charge on any atom is 0.647 e. The zero-order chi connectivity index (χ0) is 9.92. The van der Waals surface area contributed by atoms with Gasteiger partial charge in [0.05, 0.1) is 12.8 Å². The van der Waals surface area contributed by atoms with Gasteiger partial charge >= 0.3 is 7.82 Å². The largest absolute Gasteiger partial charge is 0.647 e. The van der Waals surface area contributed by atoms with Crippen molar-refractivity contribution in [2.24, 2.45) is 0 Å². The molecule has 14 heavy (non-hydrogen) atoms. The van der Waals surface area contributed by atoms with Gasteiger partial charge in [-0.05, 0) is 0 Å². The molecule has 3 rings (SSSR count). The number of ether oxygens (including phenoxy) is 1. The van der Waals surface area contributed by atoms with Gasteiger partial charge in [0.25, 0.3) is 0 Å². The van der Waals surface area contributed by atoms with Crippen molar-refractivity contribution in [3.63, 3.8) is 0 Å². The van der Waals surface area contributed by atoms with Crippen LogP contribution in [0.3, 0.4) is 0 Å². The number of fused-ring (bicyclic) bond motifs is 2. The molecule has 0 saturated heterocycles. The first kappa shape index (κ1) is 7.82. The predicted molar refractivity (Wildman–Crippen MR) is 46.9 cm³/mol. The molecule has 0 spiro atoms. The van der Waals surface area contributed by atoms with Gasteiger partial charge in [-0.2, -0.15) is 4.57 Å².